The maximum atomic E-state index is 11.6. The summed E-state index contributed by atoms with van der Waals surface area (Å²) in [6, 6.07) is 7.05. The fourth-order valence-corrected chi connectivity index (χ4v) is 1.57. The van der Waals surface area contributed by atoms with Crippen molar-refractivity contribution in [3.8, 4) is 5.75 Å². The zero-order valence-corrected chi connectivity index (χ0v) is 11.3. The van der Waals surface area contributed by atoms with E-state index in [0.717, 1.165) is 11.1 Å². The highest BCUT2D eigenvalue weighted by atomic mass is 16.5. The van der Waals surface area contributed by atoms with Crippen molar-refractivity contribution in [1.29, 1.82) is 0 Å². The monoisotopic (exact) mass is 263 g/mol. The van der Waals surface area contributed by atoms with Crippen molar-refractivity contribution in [2.75, 3.05) is 19.8 Å². The van der Waals surface area contributed by atoms with Gasteiger partial charge in [0, 0.05) is 13.0 Å². The second-order valence-electron chi connectivity index (χ2n) is 4.49. The molecule has 0 bridgehead atoms. The highest BCUT2D eigenvalue weighted by molar-refractivity contribution is 5.76. The number of aryl methyl sites for hydroxylation is 1. The molecule has 104 valence electrons. The first-order valence-electron chi connectivity index (χ1n) is 6.35. The Balaban J connectivity index is 2.15. The zero-order chi connectivity index (χ0) is 14.1. The minimum atomic E-state index is -0.0396. The lowest BCUT2D eigenvalue weighted by Gasteiger charge is -2.07. The lowest BCUT2D eigenvalue weighted by Crippen LogP contribution is -2.27. The van der Waals surface area contributed by atoms with Gasteiger partial charge in [0.1, 0.15) is 5.75 Å². The molecule has 0 aliphatic carbocycles. The minimum absolute atomic E-state index is 0.0396. The van der Waals surface area contributed by atoms with Gasteiger partial charge in [0.15, 0.2) is 0 Å². The van der Waals surface area contributed by atoms with E-state index in [2.05, 4.69) is 11.9 Å². The van der Waals surface area contributed by atoms with E-state index in [1.165, 1.54) is 0 Å². The Bertz CT molecular complexity index is 429. The Labute approximate surface area is 114 Å². The first kappa shape index (κ1) is 15.2. The lowest BCUT2D eigenvalue weighted by atomic mass is 10.1. The number of hydrogen-bond donors (Lipinski definition) is 2. The average Bonchev–Trinajstić information content (AvgIpc) is 2.37. The summed E-state index contributed by atoms with van der Waals surface area (Å²) in [5, 5.41) is 12.3. The number of carbonyl (C=O) groups excluding carboxylic acids is 1. The molecule has 4 heteroatoms. The largest absolute Gasteiger partial charge is 0.508 e. The SMILES string of the molecule is C=C(C)COCCNC(=O)CCc1ccccc1O. The van der Waals surface area contributed by atoms with Crippen LogP contribution < -0.4 is 5.32 Å². The second-order valence-corrected chi connectivity index (χ2v) is 4.49. The molecule has 1 rings (SSSR count). The summed E-state index contributed by atoms with van der Waals surface area (Å²) in [5.74, 6) is 0.197. The number of benzene rings is 1. The summed E-state index contributed by atoms with van der Waals surface area (Å²) in [6.45, 7) is 7.11. The van der Waals surface area contributed by atoms with E-state index < -0.39 is 0 Å². The zero-order valence-electron chi connectivity index (χ0n) is 11.3. The fourth-order valence-electron chi connectivity index (χ4n) is 1.57. The average molecular weight is 263 g/mol. The van der Waals surface area contributed by atoms with Gasteiger partial charge in [-0.2, -0.15) is 0 Å². The van der Waals surface area contributed by atoms with Crippen LogP contribution in [0.2, 0.25) is 0 Å². The summed E-state index contributed by atoms with van der Waals surface area (Å²) in [4.78, 5) is 11.6. The van der Waals surface area contributed by atoms with Gasteiger partial charge in [-0.15, -0.1) is 0 Å². The van der Waals surface area contributed by atoms with Crippen molar-refractivity contribution in [1.82, 2.24) is 5.32 Å². The van der Waals surface area contributed by atoms with E-state index in [0.29, 0.717) is 32.6 Å². The molecule has 0 aliphatic heterocycles. The van der Waals surface area contributed by atoms with E-state index in [-0.39, 0.29) is 11.7 Å². The van der Waals surface area contributed by atoms with E-state index in [1.54, 1.807) is 12.1 Å². The van der Waals surface area contributed by atoms with Crippen LogP contribution in [-0.2, 0) is 16.0 Å². The van der Waals surface area contributed by atoms with Crippen LogP contribution in [0, 0.1) is 0 Å². The Morgan fingerprint density at radius 2 is 2.16 bits per heavy atom. The van der Waals surface area contributed by atoms with Gasteiger partial charge in [0.25, 0.3) is 0 Å². The maximum absolute atomic E-state index is 11.6. The van der Waals surface area contributed by atoms with Gasteiger partial charge in [-0.25, -0.2) is 0 Å². The summed E-state index contributed by atoms with van der Waals surface area (Å²) in [5.41, 5.74) is 1.75. The van der Waals surface area contributed by atoms with Crippen LogP contribution >= 0.6 is 0 Å². The third-order valence-electron chi connectivity index (χ3n) is 2.53. The Morgan fingerprint density at radius 3 is 2.84 bits per heavy atom. The number of para-hydroxylation sites is 1. The maximum Gasteiger partial charge on any atom is 0.220 e. The first-order chi connectivity index (χ1) is 9.09. The van der Waals surface area contributed by atoms with Gasteiger partial charge >= 0.3 is 0 Å². The molecule has 0 saturated heterocycles. The molecule has 0 aliphatic rings. The molecule has 1 amide bonds. The summed E-state index contributed by atoms with van der Waals surface area (Å²) < 4.78 is 5.27. The van der Waals surface area contributed by atoms with Crippen molar-refractivity contribution in [2.45, 2.75) is 19.8 Å². The number of aromatic hydroxyl groups is 1. The number of nitrogens with one attached hydrogen (secondary N) is 1. The molecular formula is C15H21NO3. The number of hydrogen-bond acceptors (Lipinski definition) is 3. The van der Waals surface area contributed by atoms with Gasteiger partial charge in [-0.3, -0.25) is 4.79 Å². The smallest absolute Gasteiger partial charge is 0.220 e. The van der Waals surface area contributed by atoms with Crippen LogP contribution in [0.3, 0.4) is 0 Å². The Morgan fingerprint density at radius 1 is 1.42 bits per heavy atom. The standard InChI is InChI=1S/C15H21NO3/c1-12(2)11-19-10-9-16-15(18)8-7-13-5-3-4-6-14(13)17/h3-6,17H,1,7-11H2,2H3,(H,16,18). The predicted octanol–water partition coefficient (Wildman–Crippen LogP) is 2.03. The van der Waals surface area contributed by atoms with Crippen LogP contribution in [0.15, 0.2) is 36.4 Å². The molecular weight excluding hydrogens is 242 g/mol. The molecule has 0 unspecified atom stereocenters. The normalized spacial score (nSPS) is 10.2. The second kappa shape index (κ2) is 8.32. The van der Waals surface area contributed by atoms with E-state index in [4.69, 9.17) is 4.74 Å². The minimum Gasteiger partial charge on any atom is -0.508 e. The van der Waals surface area contributed by atoms with Crippen molar-refractivity contribution in [3.63, 3.8) is 0 Å². The highest BCUT2D eigenvalue weighted by Crippen LogP contribution is 2.16. The lowest BCUT2D eigenvalue weighted by molar-refractivity contribution is -0.121. The molecule has 0 fully saturated rings. The fraction of sp³-hybridized carbons (Fsp3) is 0.400. The number of phenolic OH excluding ortho intramolecular Hbond substituents is 1. The highest BCUT2D eigenvalue weighted by Gasteiger charge is 2.04. The van der Waals surface area contributed by atoms with Crippen LogP contribution in [-0.4, -0.2) is 30.8 Å². The number of rotatable bonds is 8. The van der Waals surface area contributed by atoms with Gasteiger partial charge in [-0.1, -0.05) is 30.4 Å². The molecule has 0 saturated carbocycles. The van der Waals surface area contributed by atoms with Crippen LogP contribution in [0.4, 0.5) is 0 Å². The van der Waals surface area contributed by atoms with Gasteiger partial charge in [0.2, 0.25) is 5.91 Å². The molecule has 1 aromatic rings. The molecule has 0 radical (unpaired) electrons. The Kier molecular flexibility index (Phi) is 6.68. The number of phenols is 1. The third kappa shape index (κ3) is 6.62. The van der Waals surface area contributed by atoms with E-state index >= 15 is 0 Å². The van der Waals surface area contributed by atoms with E-state index in [9.17, 15) is 9.90 Å². The summed E-state index contributed by atoms with van der Waals surface area (Å²) in [6.07, 6.45) is 0.892. The molecule has 19 heavy (non-hydrogen) atoms. The van der Waals surface area contributed by atoms with Crippen LogP contribution in [0.1, 0.15) is 18.9 Å². The molecule has 4 nitrogen and oxygen atoms in total. The number of ether oxygens (including phenoxy) is 1. The molecule has 1 aromatic carbocycles. The molecule has 0 aromatic heterocycles. The van der Waals surface area contributed by atoms with Crippen molar-refractivity contribution in [3.05, 3.63) is 42.0 Å². The van der Waals surface area contributed by atoms with Crippen LogP contribution in [0.5, 0.6) is 5.75 Å². The summed E-state index contributed by atoms with van der Waals surface area (Å²) >= 11 is 0. The van der Waals surface area contributed by atoms with Crippen LogP contribution in [0.25, 0.3) is 0 Å². The molecule has 0 atom stereocenters. The number of carbonyl (C=O) groups is 1. The predicted molar refractivity (Wildman–Crippen MR) is 75.1 cm³/mol. The van der Waals surface area contributed by atoms with Gasteiger partial charge in [0.05, 0.1) is 13.2 Å². The van der Waals surface area contributed by atoms with Crippen molar-refractivity contribution < 1.29 is 14.6 Å². The topological polar surface area (TPSA) is 58.6 Å². The third-order valence-corrected chi connectivity index (χ3v) is 2.53. The van der Waals surface area contributed by atoms with Crippen molar-refractivity contribution >= 4 is 5.91 Å². The number of amides is 1. The van der Waals surface area contributed by atoms with Gasteiger partial charge in [-0.05, 0) is 25.0 Å². The quantitative estimate of drug-likeness (QED) is 0.557. The molecule has 2 N–H and O–H groups in total. The van der Waals surface area contributed by atoms with Crippen molar-refractivity contribution in [2.24, 2.45) is 0 Å². The first-order valence-corrected chi connectivity index (χ1v) is 6.35. The Hall–Kier alpha value is -1.81. The van der Waals surface area contributed by atoms with E-state index in [1.807, 2.05) is 19.1 Å². The molecule has 0 spiro atoms. The van der Waals surface area contributed by atoms with Gasteiger partial charge < -0.3 is 15.2 Å². The summed E-state index contributed by atoms with van der Waals surface area (Å²) in [7, 11) is 0. The molecule has 0 heterocycles.